The summed E-state index contributed by atoms with van der Waals surface area (Å²) in [6, 6.07) is 6.06. The van der Waals surface area contributed by atoms with E-state index in [2.05, 4.69) is 22.0 Å². The highest BCUT2D eigenvalue weighted by atomic mass is 79.9. The van der Waals surface area contributed by atoms with E-state index in [0.717, 1.165) is 47.7 Å². The van der Waals surface area contributed by atoms with Gasteiger partial charge in [-0.3, -0.25) is 0 Å². The number of rotatable bonds is 2. The normalized spacial score (nSPS) is 33.7. The van der Waals surface area contributed by atoms with Crippen LogP contribution in [0.25, 0.3) is 0 Å². The first-order valence-electron chi connectivity index (χ1n) is 7.66. The monoisotopic (exact) mass is 367 g/mol. The summed E-state index contributed by atoms with van der Waals surface area (Å²) in [6.45, 7) is 0. The lowest BCUT2D eigenvalue weighted by molar-refractivity contribution is -0.155. The smallest absolute Gasteiger partial charge is 0.331 e. The second-order valence-electron chi connectivity index (χ2n) is 6.49. The predicted octanol–water partition coefficient (Wildman–Crippen LogP) is 2.91. The highest BCUT2D eigenvalue weighted by molar-refractivity contribution is 9.10. The maximum Gasteiger partial charge on any atom is 0.331 e. The van der Waals surface area contributed by atoms with Crippen LogP contribution >= 0.6 is 15.9 Å². The third-order valence-electron chi connectivity index (χ3n) is 5.59. The molecule has 0 radical (unpaired) electrons. The van der Waals surface area contributed by atoms with E-state index in [1.54, 1.807) is 7.11 Å². The molecule has 2 aliphatic carbocycles. The van der Waals surface area contributed by atoms with Crippen molar-refractivity contribution in [1.29, 1.82) is 0 Å². The van der Waals surface area contributed by atoms with E-state index < -0.39 is 5.54 Å². The first kappa shape index (κ1) is 16.0. The average molecular weight is 368 g/mol. The van der Waals surface area contributed by atoms with Gasteiger partial charge >= 0.3 is 5.97 Å². The molecule has 4 nitrogen and oxygen atoms in total. The molecule has 0 saturated heterocycles. The van der Waals surface area contributed by atoms with Gasteiger partial charge in [0.2, 0.25) is 0 Å². The molecule has 0 heterocycles. The maximum absolute atomic E-state index is 12.6. The van der Waals surface area contributed by atoms with Crippen LogP contribution in [-0.2, 0) is 26.2 Å². The molecule has 1 fully saturated rings. The Hall–Kier alpha value is -0.910. The molecule has 1 atom stereocenters. The van der Waals surface area contributed by atoms with Crippen molar-refractivity contribution in [2.24, 2.45) is 11.1 Å². The van der Waals surface area contributed by atoms with E-state index >= 15 is 0 Å². The summed E-state index contributed by atoms with van der Waals surface area (Å²) >= 11 is 3.49. The summed E-state index contributed by atoms with van der Waals surface area (Å²) < 4.78 is 11.5. The van der Waals surface area contributed by atoms with Gasteiger partial charge in [-0.1, -0.05) is 22.0 Å². The van der Waals surface area contributed by atoms with E-state index in [4.69, 9.17) is 15.2 Å². The molecule has 22 heavy (non-hydrogen) atoms. The van der Waals surface area contributed by atoms with Gasteiger partial charge in [-0.05, 0) is 55.4 Å². The lowest BCUT2D eigenvalue weighted by Crippen LogP contribution is -2.58. The van der Waals surface area contributed by atoms with Gasteiger partial charge in [-0.2, -0.15) is 0 Å². The number of methoxy groups -OCH3 is 2. The van der Waals surface area contributed by atoms with Crippen molar-refractivity contribution in [1.82, 2.24) is 0 Å². The number of fused-ring (bicyclic) bond motifs is 1. The minimum Gasteiger partial charge on any atom is -0.467 e. The Labute approximate surface area is 139 Å². The minimum atomic E-state index is -1.07. The Kier molecular flexibility index (Phi) is 4.08. The highest BCUT2D eigenvalue weighted by Gasteiger charge is 2.61. The van der Waals surface area contributed by atoms with Crippen molar-refractivity contribution in [3.05, 3.63) is 33.8 Å². The molecule has 1 aromatic rings. The molecule has 0 bridgehead atoms. The Morgan fingerprint density at radius 2 is 2.00 bits per heavy atom. The summed E-state index contributed by atoms with van der Waals surface area (Å²) in [5.74, 6) is -0.333. The van der Waals surface area contributed by atoms with Crippen LogP contribution in [0.3, 0.4) is 0 Å². The number of esters is 1. The highest BCUT2D eigenvalue weighted by Crippen LogP contribution is 2.57. The van der Waals surface area contributed by atoms with Crippen molar-refractivity contribution in [2.75, 3.05) is 14.2 Å². The van der Waals surface area contributed by atoms with Gasteiger partial charge in [-0.15, -0.1) is 0 Å². The van der Waals surface area contributed by atoms with Crippen LogP contribution in [0.5, 0.6) is 0 Å². The molecule has 1 aromatic carbocycles. The number of hydrogen-bond acceptors (Lipinski definition) is 4. The third kappa shape index (κ3) is 2.14. The summed E-state index contributed by atoms with van der Waals surface area (Å²) in [5.41, 5.74) is 7.48. The molecule has 2 aliphatic rings. The zero-order valence-corrected chi connectivity index (χ0v) is 14.6. The number of ether oxygens (including phenoxy) is 2. The fourth-order valence-electron chi connectivity index (χ4n) is 4.30. The SMILES string of the molecule is COC(=O)[C@]1(N)c2cc(Br)ccc2CC12CCC(OC)CC2. The summed E-state index contributed by atoms with van der Waals surface area (Å²) in [7, 11) is 3.17. The van der Waals surface area contributed by atoms with Crippen LogP contribution in [0.2, 0.25) is 0 Å². The van der Waals surface area contributed by atoms with Crippen molar-refractivity contribution in [2.45, 2.75) is 43.7 Å². The fraction of sp³-hybridized carbons (Fsp3) is 0.588. The molecule has 0 unspecified atom stereocenters. The number of benzene rings is 1. The fourth-order valence-corrected chi connectivity index (χ4v) is 4.66. The molecule has 5 heteroatoms. The lowest BCUT2D eigenvalue weighted by Gasteiger charge is -2.46. The minimum absolute atomic E-state index is 0.266. The lowest BCUT2D eigenvalue weighted by atomic mass is 9.62. The van der Waals surface area contributed by atoms with Crippen LogP contribution < -0.4 is 5.73 Å². The number of halogens is 1. The first-order valence-corrected chi connectivity index (χ1v) is 8.45. The standard InChI is InChI=1S/C17H22BrNO3/c1-21-13-5-7-16(8-6-13)10-11-3-4-12(18)9-14(11)17(16,19)15(20)22-2/h3-4,9,13H,5-8,10,19H2,1-2H3/t13?,16?,17-/m1/s1. The zero-order valence-electron chi connectivity index (χ0n) is 13.0. The largest absolute Gasteiger partial charge is 0.467 e. The molecule has 0 aliphatic heterocycles. The third-order valence-corrected chi connectivity index (χ3v) is 6.09. The molecule has 3 rings (SSSR count). The van der Waals surface area contributed by atoms with Crippen molar-refractivity contribution < 1.29 is 14.3 Å². The van der Waals surface area contributed by atoms with Gasteiger partial charge in [0, 0.05) is 17.0 Å². The van der Waals surface area contributed by atoms with Crippen LogP contribution in [0, 0.1) is 5.41 Å². The van der Waals surface area contributed by atoms with E-state index in [1.807, 2.05) is 12.1 Å². The number of hydrogen-bond donors (Lipinski definition) is 1. The van der Waals surface area contributed by atoms with E-state index in [1.165, 1.54) is 7.11 Å². The van der Waals surface area contributed by atoms with Crippen LogP contribution in [0.4, 0.5) is 0 Å². The Bertz CT molecular complexity index is 596. The number of nitrogens with two attached hydrogens (primary N) is 1. The molecule has 2 N–H and O–H groups in total. The summed E-state index contributed by atoms with van der Waals surface area (Å²) in [4.78, 5) is 12.6. The van der Waals surface area contributed by atoms with Gasteiger partial charge in [-0.25, -0.2) is 4.79 Å². The number of carbonyl (C=O) groups is 1. The Morgan fingerprint density at radius 3 is 2.59 bits per heavy atom. The average Bonchev–Trinajstić information content (AvgIpc) is 2.77. The summed E-state index contributed by atoms with van der Waals surface area (Å²) in [5, 5.41) is 0. The summed E-state index contributed by atoms with van der Waals surface area (Å²) in [6.07, 6.45) is 4.72. The second kappa shape index (κ2) is 5.62. The van der Waals surface area contributed by atoms with Gasteiger partial charge in [0.05, 0.1) is 13.2 Å². The first-order chi connectivity index (χ1) is 10.5. The molecule has 0 amide bonds. The van der Waals surface area contributed by atoms with Crippen molar-refractivity contribution >= 4 is 21.9 Å². The van der Waals surface area contributed by atoms with Gasteiger partial charge in [0.15, 0.2) is 0 Å². The Morgan fingerprint density at radius 1 is 1.32 bits per heavy atom. The van der Waals surface area contributed by atoms with E-state index in [0.29, 0.717) is 0 Å². The zero-order chi connectivity index (χ0) is 16.0. The Balaban J connectivity index is 2.07. The van der Waals surface area contributed by atoms with Crippen LogP contribution in [0.15, 0.2) is 22.7 Å². The van der Waals surface area contributed by atoms with Gasteiger partial charge in [0.1, 0.15) is 5.54 Å². The van der Waals surface area contributed by atoms with Crippen molar-refractivity contribution in [3.8, 4) is 0 Å². The number of carbonyl (C=O) groups excluding carboxylic acids is 1. The second-order valence-corrected chi connectivity index (χ2v) is 7.41. The molecule has 120 valence electrons. The molecule has 1 spiro atoms. The maximum atomic E-state index is 12.6. The molecule has 1 saturated carbocycles. The molecular formula is C17H22BrNO3. The van der Waals surface area contributed by atoms with Crippen molar-refractivity contribution in [3.63, 3.8) is 0 Å². The molecular weight excluding hydrogens is 346 g/mol. The topological polar surface area (TPSA) is 61.5 Å². The van der Waals surface area contributed by atoms with Crippen LogP contribution in [0.1, 0.15) is 36.8 Å². The van der Waals surface area contributed by atoms with Gasteiger partial charge < -0.3 is 15.2 Å². The van der Waals surface area contributed by atoms with E-state index in [-0.39, 0.29) is 17.5 Å². The van der Waals surface area contributed by atoms with Crippen LogP contribution in [-0.4, -0.2) is 26.3 Å². The quantitative estimate of drug-likeness (QED) is 0.816. The van der Waals surface area contributed by atoms with E-state index in [9.17, 15) is 4.79 Å². The predicted molar refractivity (Wildman–Crippen MR) is 87.4 cm³/mol. The van der Waals surface area contributed by atoms with Gasteiger partial charge in [0.25, 0.3) is 0 Å². The molecule has 0 aromatic heterocycles.